The van der Waals surface area contributed by atoms with E-state index >= 15 is 0 Å². The van der Waals surface area contributed by atoms with Crippen molar-refractivity contribution < 1.29 is 42.1 Å². The van der Waals surface area contributed by atoms with Gasteiger partial charge in [0.05, 0.1) is 0 Å². The van der Waals surface area contributed by atoms with Crippen LogP contribution in [-0.2, 0) is 63.8 Å². The van der Waals surface area contributed by atoms with Crippen LogP contribution in [0.3, 0.4) is 0 Å². The number of rotatable bonds is 0. The molecule has 0 amide bonds. The maximum Gasteiger partial charge on any atom is 2.00 e. The molecule has 6 aromatic heterocycles. The molecule has 0 spiro atoms. The fourth-order valence-corrected chi connectivity index (χ4v) is 8.65. The van der Waals surface area contributed by atoms with Crippen molar-refractivity contribution in [3.63, 3.8) is 0 Å². The summed E-state index contributed by atoms with van der Waals surface area (Å²) >= 11 is 0. The number of benzene rings is 6. The van der Waals surface area contributed by atoms with E-state index in [0.717, 1.165) is 66.3 Å². The number of hydrogen-bond donors (Lipinski definition) is 0. The molecule has 0 saturated carbocycles. The largest absolute Gasteiger partial charge is 2.00 e. The SMILES string of the molecule is CC(C)(C)c1ccc2[n-]c3nc(C(C)(C)C)ccc3c2c1.CC(C)(C)c1ccc2[n-]c3nc(C(C)(C)C)ccc3c2c1.[Pt+2].[Pt+2].[c-]1cccc2ccc3cccnc3c12.[c-]1cccc2ccc3cccnc3c12. The molecule has 0 radical (unpaired) electrons. The Morgan fingerprint density at radius 2 is 0.750 bits per heavy atom. The van der Waals surface area contributed by atoms with Crippen LogP contribution < -0.4 is 9.97 Å². The summed E-state index contributed by atoms with van der Waals surface area (Å²) in [5, 5.41) is 11.7. The maximum absolute atomic E-state index is 4.76. The third-order valence-electron chi connectivity index (χ3n) is 12.9. The second-order valence-corrected chi connectivity index (χ2v) is 22.4. The van der Waals surface area contributed by atoms with Crippen molar-refractivity contribution in [2.45, 2.75) is 105 Å². The van der Waals surface area contributed by atoms with Gasteiger partial charge < -0.3 is 29.9 Å². The molecule has 6 nitrogen and oxygen atoms in total. The van der Waals surface area contributed by atoms with E-state index in [2.05, 4.69) is 214 Å². The minimum atomic E-state index is 0. The van der Waals surface area contributed by atoms with Gasteiger partial charge in [-0.1, -0.05) is 203 Å². The minimum Gasteiger partial charge on any atom is -0.439 e. The van der Waals surface area contributed by atoms with Gasteiger partial charge in [-0.15, -0.1) is 70.1 Å². The first-order chi connectivity index (χ1) is 33.2. The Hall–Kier alpha value is -6.06. The molecule has 368 valence electrons. The molecule has 0 atom stereocenters. The molecule has 0 saturated heterocycles. The topological polar surface area (TPSA) is 79.8 Å². The van der Waals surface area contributed by atoms with Crippen LogP contribution in [-0.4, -0.2) is 19.9 Å². The van der Waals surface area contributed by atoms with Crippen molar-refractivity contribution >= 4 is 87.2 Å². The maximum atomic E-state index is 4.76. The fourth-order valence-electron chi connectivity index (χ4n) is 8.65. The first-order valence-corrected chi connectivity index (χ1v) is 24.3. The second-order valence-electron chi connectivity index (χ2n) is 22.4. The van der Waals surface area contributed by atoms with Crippen LogP contribution in [0.15, 0.2) is 158 Å². The van der Waals surface area contributed by atoms with E-state index in [1.807, 2.05) is 48.8 Å². The molecule has 6 heterocycles. The van der Waals surface area contributed by atoms with Crippen LogP contribution in [0, 0.1) is 12.1 Å². The van der Waals surface area contributed by atoms with Crippen molar-refractivity contribution in [2.75, 3.05) is 0 Å². The minimum absolute atomic E-state index is 0. The van der Waals surface area contributed by atoms with E-state index in [1.54, 1.807) is 0 Å². The number of hydrogen-bond acceptors (Lipinski definition) is 4. The molecule has 0 N–H and O–H groups in total. The van der Waals surface area contributed by atoms with E-state index in [1.165, 1.54) is 43.4 Å². The van der Waals surface area contributed by atoms with Crippen molar-refractivity contribution in [1.82, 2.24) is 29.9 Å². The molecular formula is C64H62N6Pt2. The van der Waals surface area contributed by atoms with Gasteiger partial charge in [-0.2, -0.15) is 0 Å². The van der Waals surface area contributed by atoms with Gasteiger partial charge in [0.25, 0.3) is 0 Å². The van der Waals surface area contributed by atoms with Crippen molar-refractivity contribution in [3.05, 3.63) is 193 Å². The molecular weight excluding hydrogens is 1240 g/mol. The normalized spacial score (nSPS) is 11.9. The zero-order valence-electron chi connectivity index (χ0n) is 43.3. The average Bonchev–Trinajstić information content (AvgIpc) is 3.90. The van der Waals surface area contributed by atoms with Gasteiger partial charge in [0.2, 0.25) is 0 Å². The van der Waals surface area contributed by atoms with Gasteiger partial charge >= 0.3 is 42.1 Å². The third kappa shape index (κ3) is 11.6. The Balaban J connectivity index is 0.000000142. The molecule has 0 aliphatic heterocycles. The summed E-state index contributed by atoms with van der Waals surface area (Å²) in [5.41, 5.74) is 11.1. The Kier molecular flexibility index (Phi) is 15.8. The van der Waals surface area contributed by atoms with Gasteiger partial charge in [-0.3, -0.25) is 0 Å². The summed E-state index contributed by atoms with van der Waals surface area (Å²) in [6.45, 7) is 26.5. The molecule has 72 heavy (non-hydrogen) atoms. The van der Waals surface area contributed by atoms with E-state index in [9.17, 15) is 0 Å². The summed E-state index contributed by atoms with van der Waals surface area (Å²) in [4.78, 5) is 27.7. The van der Waals surface area contributed by atoms with Crippen LogP contribution >= 0.6 is 0 Å². The van der Waals surface area contributed by atoms with Crippen molar-refractivity contribution in [3.8, 4) is 0 Å². The number of pyridine rings is 4. The number of fused-ring (bicyclic) bond motifs is 12. The average molecular weight is 1310 g/mol. The summed E-state index contributed by atoms with van der Waals surface area (Å²) in [6.07, 6.45) is 3.64. The van der Waals surface area contributed by atoms with E-state index in [-0.39, 0.29) is 63.8 Å². The number of aromatic nitrogens is 6. The summed E-state index contributed by atoms with van der Waals surface area (Å²) in [6, 6.07) is 56.7. The van der Waals surface area contributed by atoms with Gasteiger partial charge in [0.15, 0.2) is 0 Å². The van der Waals surface area contributed by atoms with Gasteiger partial charge in [0, 0.05) is 12.4 Å². The van der Waals surface area contributed by atoms with Gasteiger partial charge in [0.1, 0.15) is 0 Å². The molecule has 8 heteroatoms. The fraction of sp³-hybridized carbons (Fsp3) is 0.250. The molecule has 12 aromatic rings. The zero-order chi connectivity index (χ0) is 49.6. The monoisotopic (exact) mass is 1300 g/mol. The summed E-state index contributed by atoms with van der Waals surface area (Å²) < 4.78 is 0. The van der Waals surface area contributed by atoms with Crippen molar-refractivity contribution in [2.24, 2.45) is 0 Å². The van der Waals surface area contributed by atoms with Gasteiger partial charge in [-0.25, -0.2) is 0 Å². The van der Waals surface area contributed by atoms with Gasteiger partial charge in [-0.05, 0) is 99.3 Å². The van der Waals surface area contributed by atoms with Crippen LogP contribution in [0.5, 0.6) is 0 Å². The molecule has 12 rings (SSSR count). The molecule has 6 aromatic carbocycles. The predicted molar refractivity (Wildman–Crippen MR) is 296 cm³/mol. The van der Waals surface area contributed by atoms with Crippen molar-refractivity contribution in [1.29, 1.82) is 0 Å². The smallest absolute Gasteiger partial charge is 0.439 e. The van der Waals surface area contributed by atoms with Crippen LogP contribution in [0.1, 0.15) is 106 Å². The van der Waals surface area contributed by atoms with E-state index in [4.69, 9.17) is 19.9 Å². The summed E-state index contributed by atoms with van der Waals surface area (Å²) in [7, 11) is 0. The Morgan fingerprint density at radius 3 is 1.12 bits per heavy atom. The van der Waals surface area contributed by atoms with E-state index < -0.39 is 0 Å². The van der Waals surface area contributed by atoms with Crippen LogP contribution in [0.2, 0.25) is 0 Å². The van der Waals surface area contributed by atoms with Crippen LogP contribution in [0.4, 0.5) is 0 Å². The molecule has 0 aliphatic rings. The Bertz CT molecular complexity index is 3480. The Morgan fingerprint density at radius 1 is 0.375 bits per heavy atom. The third-order valence-corrected chi connectivity index (χ3v) is 12.9. The quantitative estimate of drug-likeness (QED) is 0.111. The molecule has 0 aliphatic carbocycles. The Labute approximate surface area is 453 Å². The summed E-state index contributed by atoms with van der Waals surface area (Å²) in [5.74, 6) is 0. The van der Waals surface area contributed by atoms with Crippen LogP contribution in [0.25, 0.3) is 87.2 Å². The van der Waals surface area contributed by atoms with E-state index in [0.29, 0.717) is 0 Å². The number of nitrogens with zero attached hydrogens (tertiary/aromatic N) is 6. The molecule has 0 unspecified atom stereocenters. The molecule has 0 bridgehead atoms. The zero-order valence-corrected chi connectivity index (χ0v) is 47.9. The predicted octanol–water partition coefficient (Wildman–Crippen LogP) is 16.3. The first-order valence-electron chi connectivity index (χ1n) is 24.3. The standard InChI is InChI=1S/2C19H23N2.2C13H8N.2Pt/c2*1-18(2,3)12-7-9-15-14(11-12)13-8-10-16(19(4,5)6)21-17(13)20-15;2*1-2-6-12-10(4-1)7-8-11-5-3-9-14-13(11)12;;/h2*7-11H,1-6H3;2*1-5,7-9H;;/q4*-1;2*+2. The molecule has 0 fully saturated rings. The second kappa shape index (κ2) is 21.2. The first kappa shape index (κ1) is 53.7.